The molecule has 2 amide bonds. The summed E-state index contributed by atoms with van der Waals surface area (Å²) in [6, 6.07) is 7.57. The zero-order chi connectivity index (χ0) is 14.1. The summed E-state index contributed by atoms with van der Waals surface area (Å²) in [4.78, 5) is 26.0. The zero-order valence-electron chi connectivity index (χ0n) is 11.6. The van der Waals surface area contributed by atoms with Crippen LogP contribution in [0.4, 0.5) is 0 Å². The van der Waals surface area contributed by atoms with Crippen LogP contribution in [0.25, 0.3) is 0 Å². The van der Waals surface area contributed by atoms with E-state index < -0.39 is 0 Å². The van der Waals surface area contributed by atoms with Crippen LogP contribution in [0, 0.1) is 0 Å². The SMILES string of the molecule is CC1C(=O)NCCN1C(=O)[C@@H]1Cc2ccccc2CN1. The fourth-order valence-electron chi connectivity index (χ4n) is 2.91. The lowest BCUT2D eigenvalue weighted by Crippen LogP contribution is -2.60. The number of nitrogens with one attached hydrogen (secondary N) is 2. The quantitative estimate of drug-likeness (QED) is 0.760. The van der Waals surface area contributed by atoms with Crippen LogP contribution in [-0.2, 0) is 22.6 Å². The number of hydrogen-bond donors (Lipinski definition) is 2. The van der Waals surface area contributed by atoms with Crippen molar-refractivity contribution in [3.8, 4) is 0 Å². The van der Waals surface area contributed by atoms with Gasteiger partial charge in [-0.3, -0.25) is 9.59 Å². The van der Waals surface area contributed by atoms with Crippen molar-refractivity contribution in [1.29, 1.82) is 0 Å². The Morgan fingerprint density at radius 2 is 2.05 bits per heavy atom. The van der Waals surface area contributed by atoms with E-state index in [4.69, 9.17) is 0 Å². The van der Waals surface area contributed by atoms with E-state index >= 15 is 0 Å². The van der Waals surface area contributed by atoms with Gasteiger partial charge >= 0.3 is 0 Å². The molecule has 1 saturated heterocycles. The average Bonchev–Trinajstić information content (AvgIpc) is 2.49. The number of carbonyl (C=O) groups excluding carboxylic acids is 2. The van der Waals surface area contributed by atoms with Crippen LogP contribution >= 0.6 is 0 Å². The molecule has 0 aromatic heterocycles. The highest BCUT2D eigenvalue weighted by atomic mass is 16.2. The molecule has 3 rings (SSSR count). The fourth-order valence-corrected chi connectivity index (χ4v) is 2.91. The monoisotopic (exact) mass is 273 g/mol. The molecule has 1 aromatic rings. The van der Waals surface area contributed by atoms with Crippen molar-refractivity contribution in [3.05, 3.63) is 35.4 Å². The molecule has 2 aliphatic heterocycles. The smallest absolute Gasteiger partial charge is 0.242 e. The van der Waals surface area contributed by atoms with Crippen molar-refractivity contribution in [1.82, 2.24) is 15.5 Å². The Hall–Kier alpha value is -1.88. The Morgan fingerprint density at radius 3 is 2.85 bits per heavy atom. The van der Waals surface area contributed by atoms with Crippen LogP contribution in [0.1, 0.15) is 18.1 Å². The maximum Gasteiger partial charge on any atom is 0.242 e. The van der Waals surface area contributed by atoms with E-state index in [1.165, 1.54) is 11.1 Å². The van der Waals surface area contributed by atoms with Gasteiger partial charge in [0.2, 0.25) is 11.8 Å². The van der Waals surface area contributed by atoms with Gasteiger partial charge in [-0.2, -0.15) is 0 Å². The lowest BCUT2D eigenvalue weighted by molar-refractivity contribution is -0.144. The molecule has 2 heterocycles. The van der Waals surface area contributed by atoms with Crippen molar-refractivity contribution in [3.63, 3.8) is 0 Å². The molecule has 1 aromatic carbocycles. The molecule has 1 unspecified atom stereocenters. The van der Waals surface area contributed by atoms with Crippen LogP contribution in [-0.4, -0.2) is 41.9 Å². The first-order chi connectivity index (χ1) is 9.66. The largest absolute Gasteiger partial charge is 0.353 e. The Labute approximate surface area is 118 Å². The first kappa shape index (κ1) is 13.1. The molecule has 1 fully saturated rings. The third kappa shape index (κ3) is 2.29. The maximum atomic E-state index is 12.6. The van der Waals surface area contributed by atoms with Crippen LogP contribution in [0.2, 0.25) is 0 Å². The second-order valence-corrected chi connectivity index (χ2v) is 5.40. The van der Waals surface area contributed by atoms with Crippen molar-refractivity contribution in [2.45, 2.75) is 32.0 Å². The number of carbonyl (C=O) groups is 2. The predicted octanol–water partition coefficient (Wildman–Crippen LogP) is 0.0478. The third-order valence-electron chi connectivity index (χ3n) is 4.16. The van der Waals surface area contributed by atoms with Crippen LogP contribution < -0.4 is 10.6 Å². The Morgan fingerprint density at radius 1 is 1.30 bits per heavy atom. The normalized spacial score (nSPS) is 25.9. The number of nitrogens with zero attached hydrogens (tertiary/aromatic N) is 1. The van der Waals surface area contributed by atoms with Gasteiger partial charge in [-0.15, -0.1) is 0 Å². The molecule has 5 nitrogen and oxygen atoms in total. The number of fused-ring (bicyclic) bond motifs is 1. The molecule has 20 heavy (non-hydrogen) atoms. The predicted molar refractivity (Wildman–Crippen MR) is 75.0 cm³/mol. The van der Waals surface area contributed by atoms with E-state index in [1.807, 2.05) is 12.1 Å². The van der Waals surface area contributed by atoms with Crippen LogP contribution in [0.5, 0.6) is 0 Å². The fraction of sp³-hybridized carbons (Fsp3) is 0.467. The van der Waals surface area contributed by atoms with Gasteiger partial charge < -0.3 is 15.5 Å². The Kier molecular flexibility index (Phi) is 3.44. The third-order valence-corrected chi connectivity index (χ3v) is 4.16. The highest BCUT2D eigenvalue weighted by Gasteiger charge is 2.34. The standard InChI is InChI=1S/C15H19N3O2/c1-10-14(19)16-6-7-18(10)15(20)13-8-11-4-2-3-5-12(11)9-17-13/h2-5,10,13,17H,6-9H2,1H3,(H,16,19)/t10?,13-/m0/s1. The molecule has 0 saturated carbocycles. The van der Waals surface area contributed by atoms with E-state index in [-0.39, 0.29) is 23.9 Å². The van der Waals surface area contributed by atoms with Crippen molar-refractivity contribution in [2.24, 2.45) is 0 Å². The average molecular weight is 273 g/mol. The van der Waals surface area contributed by atoms with E-state index in [0.29, 0.717) is 26.1 Å². The van der Waals surface area contributed by atoms with E-state index in [9.17, 15) is 9.59 Å². The Balaban J connectivity index is 1.74. The highest BCUT2D eigenvalue weighted by molar-refractivity contribution is 5.90. The molecule has 2 aliphatic rings. The number of piperazine rings is 1. The van der Waals surface area contributed by atoms with Gasteiger partial charge in [0.15, 0.2) is 0 Å². The van der Waals surface area contributed by atoms with Gasteiger partial charge in [-0.05, 0) is 24.5 Å². The van der Waals surface area contributed by atoms with E-state index in [0.717, 1.165) is 0 Å². The number of benzene rings is 1. The first-order valence-corrected chi connectivity index (χ1v) is 7.05. The molecule has 0 bridgehead atoms. The summed E-state index contributed by atoms with van der Waals surface area (Å²) in [5, 5.41) is 6.07. The molecule has 2 N–H and O–H groups in total. The molecule has 5 heteroatoms. The molecular weight excluding hydrogens is 254 g/mol. The number of amides is 2. The minimum Gasteiger partial charge on any atom is -0.353 e. The van der Waals surface area contributed by atoms with Gasteiger partial charge in [-0.25, -0.2) is 0 Å². The van der Waals surface area contributed by atoms with Crippen LogP contribution in [0.3, 0.4) is 0 Å². The van der Waals surface area contributed by atoms with Crippen molar-refractivity contribution >= 4 is 11.8 Å². The summed E-state index contributed by atoms with van der Waals surface area (Å²) >= 11 is 0. The number of hydrogen-bond acceptors (Lipinski definition) is 3. The summed E-state index contributed by atoms with van der Waals surface area (Å²) in [7, 11) is 0. The molecule has 106 valence electrons. The Bertz CT molecular complexity index is 544. The van der Waals surface area contributed by atoms with E-state index in [2.05, 4.69) is 22.8 Å². The summed E-state index contributed by atoms with van der Waals surface area (Å²) < 4.78 is 0. The summed E-state index contributed by atoms with van der Waals surface area (Å²) in [6.45, 7) is 3.62. The first-order valence-electron chi connectivity index (χ1n) is 7.05. The maximum absolute atomic E-state index is 12.6. The zero-order valence-corrected chi connectivity index (χ0v) is 11.6. The van der Waals surface area contributed by atoms with Crippen molar-refractivity contribution < 1.29 is 9.59 Å². The highest BCUT2D eigenvalue weighted by Crippen LogP contribution is 2.18. The number of rotatable bonds is 1. The van der Waals surface area contributed by atoms with Gasteiger partial charge in [-0.1, -0.05) is 24.3 Å². The molecule has 0 spiro atoms. The van der Waals surface area contributed by atoms with Crippen molar-refractivity contribution in [2.75, 3.05) is 13.1 Å². The van der Waals surface area contributed by atoms with Gasteiger partial charge in [0.05, 0.1) is 6.04 Å². The molecular formula is C15H19N3O2. The van der Waals surface area contributed by atoms with Gasteiger partial charge in [0.1, 0.15) is 6.04 Å². The topological polar surface area (TPSA) is 61.4 Å². The molecule has 2 atom stereocenters. The van der Waals surface area contributed by atoms with Crippen LogP contribution in [0.15, 0.2) is 24.3 Å². The summed E-state index contributed by atoms with van der Waals surface area (Å²) in [5.41, 5.74) is 2.47. The van der Waals surface area contributed by atoms with E-state index in [1.54, 1.807) is 11.8 Å². The summed E-state index contributed by atoms with van der Waals surface area (Å²) in [5.74, 6) is -0.0392. The van der Waals surface area contributed by atoms with Gasteiger partial charge in [0.25, 0.3) is 0 Å². The lowest BCUT2D eigenvalue weighted by Gasteiger charge is -2.36. The summed E-state index contributed by atoms with van der Waals surface area (Å²) in [6.07, 6.45) is 0.694. The minimum absolute atomic E-state index is 0.0295. The molecule has 0 aliphatic carbocycles. The second-order valence-electron chi connectivity index (χ2n) is 5.40. The second kappa shape index (κ2) is 5.25. The van der Waals surface area contributed by atoms with Gasteiger partial charge in [0, 0.05) is 19.6 Å². The molecule has 0 radical (unpaired) electrons. The lowest BCUT2D eigenvalue weighted by atomic mass is 9.94. The minimum atomic E-state index is -0.379.